The maximum absolute atomic E-state index is 8.21. The second-order valence-electron chi connectivity index (χ2n) is 7.04. The topological polar surface area (TPSA) is 79.4 Å². The Morgan fingerprint density at radius 2 is 2.15 bits per heavy atom. The molecular weight excluding hydrogens is 340 g/mol. The molecule has 7 heteroatoms. The molecule has 27 heavy (non-hydrogen) atoms. The summed E-state index contributed by atoms with van der Waals surface area (Å²) in [4.78, 5) is 11.1. The molecule has 1 aliphatic rings. The van der Waals surface area contributed by atoms with E-state index < -0.39 is 0 Å². The fourth-order valence-corrected chi connectivity index (χ4v) is 3.16. The lowest BCUT2D eigenvalue weighted by molar-refractivity contribution is 0.0961. The number of fused-ring (bicyclic) bond motifs is 1. The summed E-state index contributed by atoms with van der Waals surface area (Å²) in [5.41, 5.74) is 4.25. The summed E-state index contributed by atoms with van der Waals surface area (Å²) in [5, 5.41) is 12.8. The van der Waals surface area contributed by atoms with Gasteiger partial charge in [0, 0.05) is 25.4 Å². The Kier molecular flexibility index (Phi) is 5.58. The summed E-state index contributed by atoms with van der Waals surface area (Å²) >= 11 is 0. The van der Waals surface area contributed by atoms with Crippen molar-refractivity contribution in [1.29, 1.82) is 5.41 Å². The maximum atomic E-state index is 8.21. The molecule has 2 aromatic rings. The van der Waals surface area contributed by atoms with Gasteiger partial charge < -0.3 is 15.0 Å². The lowest BCUT2D eigenvalue weighted by Crippen LogP contribution is -2.38. The van der Waals surface area contributed by atoms with Crippen LogP contribution >= 0.6 is 0 Å². The monoisotopic (exact) mass is 368 g/mol. The number of hydrogen-bond donors (Lipinski definition) is 1. The smallest absolute Gasteiger partial charge is 0.177 e. The number of rotatable bonds is 6. The van der Waals surface area contributed by atoms with E-state index in [0.717, 1.165) is 40.7 Å². The molecule has 0 radical (unpaired) electrons. The third-order valence-electron chi connectivity index (χ3n) is 5.14. The van der Waals surface area contributed by atoms with E-state index in [2.05, 4.69) is 40.9 Å². The van der Waals surface area contributed by atoms with Crippen LogP contribution in [0.1, 0.15) is 43.9 Å². The van der Waals surface area contributed by atoms with E-state index in [9.17, 15) is 0 Å². The highest BCUT2D eigenvalue weighted by Crippen LogP contribution is 2.22. The summed E-state index contributed by atoms with van der Waals surface area (Å²) in [6.07, 6.45) is 7.77. The van der Waals surface area contributed by atoms with Gasteiger partial charge in [0.15, 0.2) is 11.5 Å². The third-order valence-corrected chi connectivity index (χ3v) is 5.14. The Morgan fingerprint density at radius 3 is 2.85 bits per heavy atom. The number of likely N-dealkylation sites (N-methyl/N-ethyl adjacent to an activating group) is 1. The van der Waals surface area contributed by atoms with Crippen molar-refractivity contribution < 1.29 is 4.74 Å². The van der Waals surface area contributed by atoms with Crippen LogP contribution in [-0.2, 0) is 11.2 Å². The molecule has 144 valence electrons. The molecule has 3 rings (SSSR count). The summed E-state index contributed by atoms with van der Waals surface area (Å²) in [6.45, 7) is 8.81. The highest BCUT2D eigenvalue weighted by Gasteiger charge is 2.21. The number of aromatic nitrogens is 4. The Hall–Kier alpha value is -2.70. The Balaban J connectivity index is 1.63. The lowest BCUT2D eigenvalue weighted by atomic mass is 10.1. The SMILES string of the molecule is CCC1COC(/C=C\C(=N)CCc2nc3c(C)ncc(C)n3n2)=C(C)N1C. The number of nitrogens with one attached hydrogen (secondary N) is 1. The highest BCUT2D eigenvalue weighted by molar-refractivity contribution is 5.92. The highest BCUT2D eigenvalue weighted by atomic mass is 16.5. The Labute approximate surface area is 160 Å². The van der Waals surface area contributed by atoms with Gasteiger partial charge >= 0.3 is 0 Å². The quantitative estimate of drug-likeness (QED) is 0.792. The van der Waals surface area contributed by atoms with Crippen molar-refractivity contribution in [2.45, 2.75) is 53.0 Å². The van der Waals surface area contributed by atoms with E-state index in [-0.39, 0.29) is 0 Å². The van der Waals surface area contributed by atoms with Gasteiger partial charge in [0.25, 0.3) is 0 Å². The molecule has 0 aromatic carbocycles. The number of nitrogens with zero attached hydrogens (tertiary/aromatic N) is 5. The average molecular weight is 368 g/mol. The van der Waals surface area contributed by atoms with Crippen LogP contribution in [0.25, 0.3) is 5.65 Å². The predicted octanol–water partition coefficient (Wildman–Crippen LogP) is 3.22. The van der Waals surface area contributed by atoms with Gasteiger partial charge in [-0.1, -0.05) is 6.92 Å². The zero-order valence-electron chi connectivity index (χ0n) is 16.8. The summed E-state index contributed by atoms with van der Waals surface area (Å²) < 4.78 is 7.68. The number of hydrogen-bond acceptors (Lipinski definition) is 6. The first kappa shape index (κ1) is 19.1. The second-order valence-corrected chi connectivity index (χ2v) is 7.04. The summed E-state index contributed by atoms with van der Waals surface area (Å²) in [6, 6.07) is 0.420. The van der Waals surface area contributed by atoms with Crippen molar-refractivity contribution in [2.24, 2.45) is 0 Å². The van der Waals surface area contributed by atoms with Crippen LogP contribution in [0.5, 0.6) is 0 Å². The molecule has 0 spiro atoms. The van der Waals surface area contributed by atoms with Gasteiger partial charge in [-0.05, 0) is 45.8 Å². The van der Waals surface area contributed by atoms with Crippen LogP contribution < -0.4 is 0 Å². The van der Waals surface area contributed by atoms with Gasteiger partial charge in [0.05, 0.1) is 23.1 Å². The van der Waals surface area contributed by atoms with Gasteiger partial charge in [0.1, 0.15) is 12.4 Å². The first-order valence-corrected chi connectivity index (χ1v) is 9.40. The number of allylic oxidation sites excluding steroid dienone is 3. The standard InChI is InChI=1S/C20H28N6O/c1-6-17-12-27-18(15(4)25(17)5)9-7-16(21)8-10-19-23-20-14(3)22-11-13(2)26(20)24-19/h7,9,11,17,21H,6,8,10,12H2,1-5H3/b9-7-,21-16?. The largest absolute Gasteiger partial charge is 0.490 e. The summed E-state index contributed by atoms with van der Waals surface area (Å²) in [5.74, 6) is 1.58. The van der Waals surface area contributed by atoms with Crippen molar-refractivity contribution in [3.63, 3.8) is 0 Å². The van der Waals surface area contributed by atoms with Crippen LogP contribution in [0.3, 0.4) is 0 Å². The van der Waals surface area contributed by atoms with Crippen LogP contribution in [0.4, 0.5) is 0 Å². The molecule has 0 fully saturated rings. The lowest BCUT2D eigenvalue weighted by Gasteiger charge is -2.35. The Morgan fingerprint density at radius 1 is 1.37 bits per heavy atom. The zero-order valence-corrected chi connectivity index (χ0v) is 16.8. The van der Waals surface area contributed by atoms with Crippen LogP contribution in [0, 0.1) is 19.3 Å². The van der Waals surface area contributed by atoms with Crippen molar-refractivity contribution >= 4 is 11.4 Å². The van der Waals surface area contributed by atoms with Crippen molar-refractivity contribution in [2.75, 3.05) is 13.7 Å². The summed E-state index contributed by atoms with van der Waals surface area (Å²) in [7, 11) is 2.10. The molecule has 7 nitrogen and oxygen atoms in total. The molecule has 0 amide bonds. The molecule has 1 atom stereocenters. The van der Waals surface area contributed by atoms with Crippen molar-refractivity contribution in [3.05, 3.63) is 47.0 Å². The molecular formula is C20H28N6O. The molecule has 2 aromatic heterocycles. The van der Waals surface area contributed by atoms with E-state index in [1.54, 1.807) is 6.20 Å². The van der Waals surface area contributed by atoms with Crippen molar-refractivity contribution in [3.8, 4) is 0 Å². The van der Waals surface area contributed by atoms with Gasteiger partial charge in [0.2, 0.25) is 0 Å². The van der Waals surface area contributed by atoms with Crippen LogP contribution in [-0.4, -0.2) is 49.9 Å². The van der Waals surface area contributed by atoms with E-state index in [0.29, 0.717) is 31.2 Å². The van der Waals surface area contributed by atoms with E-state index >= 15 is 0 Å². The van der Waals surface area contributed by atoms with E-state index in [1.807, 2.05) is 30.5 Å². The first-order chi connectivity index (χ1) is 12.9. The molecule has 0 saturated heterocycles. The molecule has 0 saturated carbocycles. The second kappa shape index (κ2) is 7.90. The molecule has 3 heterocycles. The number of aryl methyl sites for hydroxylation is 3. The minimum atomic E-state index is 0.420. The van der Waals surface area contributed by atoms with Gasteiger partial charge in [-0.15, -0.1) is 0 Å². The molecule has 1 N–H and O–H groups in total. The third kappa shape index (κ3) is 4.02. The van der Waals surface area contributed by atoms with E-state index in [4.69, 9.17) is 10.1 Å². The van der Waals surface area contributed by atoms with Gasteiger partial charge in [-0.25, -0.2) is 9.50 Å². The van der Waals surface area contributed by atoms with Gasteiger partial charge in [-0.3, -0.25) is 4.98 Å². The van der Waals surface area contributed by atoms with Crippen molar-refractivity contribution in [1.82, 2.24) is 24.5 Å². The fourth-order valence-electron chi connectivity index (χ4n) is 3.16. The molecule has 1 unspecified atom stereocenters. The average Bonchev–Trinajstić information content (AvgIpc) is 3.10. The molecule has 1 aliphatic heterocycles. The predicted molar refractivity (Wildman–Crippen MR) is 106 cm³/mol. The van der Waals surface area contributed by atoms with E-state index in [1.165, 1.54) is 0 Å². The van der Waals surface area contributed by atoms with Gasteiger partial charge in [-0.2, -0.15) is 5.10 Å². The zero-order chi connectivity index (χ0) is 19.6. The van der Waals surface area contributed by atoms with Crippen LogP contribution in [0.15, 0.2) is 29.8 Å². The first-order valence-electron chi connectivity index (χ1n) is 9.40. The maximum Gasteiger partial charge on any atom is 0.177 e. The fraction of sp³-hybridized carbons (Fsp3) is 0.500. The molecule has 0 bridgehead atoms. The van der Waals surface area contributed by atoms with Crippen LogP contribution in [0.2, 0.25) is 0 Å². The molecule has 0 aliphatic carbocycles. The minimum Gasteiger partial charge on any atom is -0.490 e. The normalized spacial score (nSPS) is 17.8. The minimum absolute atomic E-state index is 0.420. The number of ether oxygens (including phenoxy) is 1. The Bertz CT molecular complexity index is 872.